The first kappa shape index (κ1) is 16.7. The van der Waals surface area contributed by atoms with Gasteiger partial charge < -0.3 is 10.6 Å². The van der Waals surface area contributed by atoms with Crippen LogP contribution >= 0.6 is 0 Å². The molecule has 0 amide bonds. The van der Waals surface area contributed by atoms with Crippen molar-refractivity contribution in [2.75, 3.05) is 10.6 Å². The predicted molar refractivity (Wildman–Crippen MR) is 107 cm³/mol. The molecule has 0 saturated carbocycles. The first-order valence-corrected chi connectivity index (χ1v) is 8.50. The van der Waals surface area contributed by atoms with Crippen molar-refractivity contribution >= 4 is 39.8 Å². The lowest BCUT2D eigenvalue weighted by atomic mass is 10.1. The summed E-state index contributed by atoms with van der Waals surface area (Å²) in [6.07, 6.45) is 3.44. The molecule has 0 aliphatic heterocycles. The number of nitrogens with one attached hydrogen (secondary N) is 2. The molecule has 2 aromatic heterocycles. The van der Waals surface area contributed by atoms with Crippen molar-refractivity contribution in [2.45, 2.75) is 6.92 Å². The molecule has 0 saturated heterocycles. The van der Waals surface area contributed by atoms with E-state index in [4.69, 9.17) is 0 Å². The molecule has 2 aromatic carbocycles. The van der Waals surface area contributed by atoms with Gasteiger partial charge in [0.25, 0.3) is 0 Å². The Morgan fingerprint density at radius 3 is 2.67 bits per heavy atom. The fourth-order valence-electron chi connectivity index (χ4n) is 2.72. The molecule has 0 unspecified atom stereocenters. The fraction of sp³-hybridized carbons (Fsp3) is 0.0476. The minimum absolute atomic E-state index is 0.0128. The van der Waals surface area contributed by atoms with Crippen LogP contribution in [-0.4, -0.2) is 20.7 Å². The molecular weight excluding hydrogens is 338 g/mol. The van der Waals surface area contributed by atoms with Crippen molar-refractivity contribution in [2.24, 2.45) is 0 Å². The number of benzene rings is 2. The highest BCUT2D eigenvalue weighted by Crippen LogP contribution is 2.21. The molecule has 0 radical (unpaired) electrons. The number of fused-ring (bicyclic) bond motifs is 1. The number of Topliss-reactive ketones (excluding diaryl/α,β-unsaturated/α-hetero) is 1. The van der Waals surface area contributed by atoms with E-state index in [0.717, 1.165) is 22.3 Å². The molecule has 2 heterocycles. The van der Waals surface area contributed by atoms with Gasteiger partial charge in [-0.05, 0) is 37.3 Å². The van der Waals surface area contributed by atoms with Crippen LogP contribution < -0.4 is 10.6 Å². The third-order valence-corrected chi connectivity index (χ3v) is 4.04. The summed E-state index contributed by atoms with van der Waals surface area (Å²) in [5, 5.41) is 7.42. The van der Waals surface area contributed by atoms with Crippen molar-refractivity contribution in [3.8, 4) is 0 Å². The zero-order valence-corrected chi connectivity index (χ0v) is 14.7. The molecule has 0 aliphatic carbocycles. The lowest BCUT2D eigenvalue weighted by Crippen LogP contribution is -2.01. The number of hydrogen-bond acceptors (Lipinski definition) is 6. The topological polar surface area (TPSA) is 79.8 Å². The fourth-order valence-corrected chi connectivity index (χ4v) is 2.72. The van der Waals surface area contributed by atoms with E-state index in [1.165, 1.54) is 6.92 Å². The number of carbonyl (C=O) groups excluding carboxylic acids is 1. The molecule has 0 atom stereocenters. The molecule has 0 aliphatic rings. The van der Waals surface area contributed by atoms with Gasteiger partial charge in [-0.1, -0.05) is 30.3 Å². The first-order valence-electron chi connectivity index (χ1n) is 8.50. The number of pyridine rings is 1. The van der Waals surface area contributed by atoms with Crippen LogP contribution in [0, 0.1) is 0 Å². The minimum Gasteiger partial charge on any atom is -0.339 e. The second kappa shape index (κ2) is 7.21. The molecule has 0 fully saturated rings. The van der Waals surface area contributed by atoms with Crippen LogP contribution in [0.25, 0.3) is 10.9 Å². The maximum Gasteiger partial charge on any atom is 0.229 e. The van der Waals surface area contributed by atoms with Gasteiger partial charge in [0.05, 0.1) is 17.4 Å². The molecular formula is C21H17N5O. The van der Waals surface area contributed by atoms with Gasteiger partial charge in [0.1, 0.15) is 5.82 Å². The Hall–Kier alpha value is -3.80. The van der Waals surface area contributed by atoms with Gasteiger partial charge in [-0.15, -0.1) is 0 Å². The van der Waals surface area contributed by atoms with E-state index < -0.39 is 0 Å². The SMILES string of the molecule is CC(=O)c1cccc(Nc2nccc(Nc3cnc4ccccc4c3)n2)c1. The van der Waals surface area contributed by atoms with Gasteiger partial charge in [0, 0.05) is 22.8 Å². The highest BCUT2D eigenvalue weighted by molar-refractivity contribution is 5.95. The monoisotopic (exact) mass is 355 g/mol. The van der Waals surface area contributed by atoms with Gasteiger partial charge in [-0.25, -0.2) is 4.98 Å². The van der Waals surface area contributed by atoms with Crippen molar-refractivity contribution in [1.82, 2.24) is 15.0 Å². The predicted octanol–water partition coefficient (Wildman–Crippen LogP) is 4.71. The molecule has 0 spiro atoms. The van der Waals surface area contributed by atoms with Gasteiger partial charge >= 0.3 is 0 Å². The van der Waals surface area contributed by atoms with E-state index in [0.29, 0.717) is 17.3 Å². The second-order valence-corrected chi connectivity index (χ2v) is 6.07. The highest BCUT2D eigenvalue weighted by Gasteiger charge is 2.04. The zero-order chi connectivity index (χ0) is 18.6. The molecule has 4 aromatic rings. The van der Waals surface area contributed by atoms with Crippen LogP contribution in [0.1, 0.15) is 17.3 Å². The van der Waals surface area contributed by atoms with E-state index in [9.17, 15) is 4.79 Å². The Labute approximate surface area is 156 Å². The number of aromatic nitrogens is 3. The Morgan fingerprint density at radius 1 is 0.889 bits per heavy atom. The average Bonchev–Trinajstić information content (AvgIpc) is 2.68. The number of carbonyl (C=O) groups is 1. The molecule has 27 heavy (non-hydrogen) atoms. The summed E-state index contributed by atoms with van der Waals surface area (Å²) >= 11 is 0. The lowest BCUT2D eigenvalue weighted by Gasteiger charge is -2.09. The summed E-state index contributed by atoms with van der Waals surface area (Å²) in [4.78, 5) is 24.7. The van der Waals surface area contributed by atoms with Gasteiger partial charge in [0.2, 0.25) is 5.95 Å². The molecule has 2 N–H and O–H groups in total. The van der Waals surface area contributed by atoms with Gasteiger partial charge in [-0.3, -0.25) is 9.78 Å². The number of rotatable bonds is 5. The number of hydrogen-bond donors (Lipinski definition) is 2. The van der Waals surface area contributed by atoms with E-state index in [1.807, 2.05) is 42.5 Å². The number of ketones is 1. The highest BCUT2D eigenvalue weighted by atomic mass is 16.1. The minimum atomic E-state index is 0.0128. The Bertz CT molecular complexity index is 1130. The van der Waals surface area contributed by atoms with E-state index in [2.05, 4.69) is 25.6 Å². The second-order valence-electron chi connectivity index (χ2n) is 6.07. The zero-order valence-electron chi connectivity index (χ0n) is 14.7. The summed E-state index contributed by atoms with van der Waals surface area (Å²) in [5.74, 6) is 1.10. The molecule has 6 nitrogen and oxygen atoms in total. The van der Waals surface area contributed by atoms with Crippen LogP contribution in [0.3, 0.4) is 0 Å². The normalized spacial score (nSPS) is 10.6. The lowest BCUT2D eigenvalue weighted by molar-refractivity contribution is 0.101. The van der Waals surface area contributed by atoms with Gasteiger partial charge in [0.15, 0.2) is 5.78 Å². The maximum atomic E-state index is 11.5. The van der Waals surface area contributed by atoms with E-state index in [-0.39, 0.29) is 5.78 Å². The summed E-state index contributed by atoms with van der Waals surface area (Å²) in [6, 6.07) is 19.0. The number of para-hydroxylation sites is 1. The van der Waals surface area contributed by atoms with Crippen LogP contribution in [0.2, 0.25) is 0 Å². The molecule has 4 rings (SSSR count). The number of nitrogens with zero attached hydrogens (tertiary/aromatic N) is 3. The van der Waals surface area contributed by atoms with Crippen molar-refractivity contribution in [3.05, 3.63) is 78.6 Å². The maximum absolute atomic E-state index is 11.5. The quantitative estimate of drug-likeness (QED) is 0.505. The summed E-state index contributed by atoms with van der Waals surface area (Å²) in [6.45, 7) is 1.54. The van der Waals surface area contributed by atoms with Crippen molar-refractivity contribution in [3.63, 3.8) is 0 Å². The van der Waals surface area contributed by atoms with Crippen molar-refractivity contribution < 1.29 is 4.79 Å². The smallest absolute Gasteiger partial charge is 0.229 e. The molecule has 0 bridgehead atoms. The summed E-state index contributed by atoms with van der Waals surface area (Å²) in [7, 11) is 0. The van der Waals surface area contributed by atoms with Crippen LogP contribution in [-0.2, 0) is 0 Å². The number of anilines is 4. The standard InChI is InChI=1S/C21H17N5O/c1-14(27)15-6-4-7-17(11-15)25-21-22-10-9-20(26-21)24-18-12-16-5-2-3-8-19(16)23-13-18/h2-13H,1H3,(H2,22,24,25,26). The van der Waals surface area contributed by atoms with E-state index >= 15 is 0 Å². The third-order valence-electron chi connectivity index (χ3n) is 4.04. The largest absolute Gasteiger partial charge is 0.339 e. The molecule has 6 heteroatoms. The van der Waals surface area contributed by atoms with Crippen LogP contribution in [0.4, 0.5) is 23.1 Å². The Morgan fingerprint density at radius 2 is 1.78 bits per heavy atom. The summed E-state index contributed by atoms with van der Waals surface area (Å²) in [5.41, 5.74) is 3.18. The van der Waals surface area contributed by atoms with E-state index in [1.54, 1.807) is 30.6 Å². The summed E-state index contributed by atoms with van der Waals surface area (Å²) < 4.78 is 0. The van der Waals surface area contributed by atoms with Crippen LogP contribution in [0.15, 0.2) is 73.1 Å². The Kier molecular flexibility index (Phi) is 4.45. The molecule has 132 valence electrons. The van der Waals surface area contributed by atoms with Crippen LogP contribution in [0.5, 0.6) is 0 Å². The van der Waals surface area contributed by atoms with Gasteiger partial charge in [-0.2, -0.15) is 4.98 Å². The third kappa shape index (κ3) is 3.90. The average molecular weight is 355 g/mol. The van der Waals surface area contributed by atoms with Crippen molar-refractivity contribution in [1.29, 1.82) is 0 Å². The Balaban J connectivity index is 1.55. The first-order chi connectivity index (χ1) is 13.2.